The van der Waals surface area contributed by atoms with Crippen LogP contribution in [0.15, 0.2) is 12.1 Å². The maximum Gasteiger partial charge on any atom is 0.379 e. The molecule has 1 heterocycles. The van der Waals surface area contributed by atoms with Crippen molar-refractivity contribution in [3.8, 4) is 5.88 Å². The lowest BCUT2D eigenvalue weighted by Crippen LogP contribution is -2.38. The van der Waals surface area contributed by atoms with Gasteiger partial charge in [0, 0.05) is 0 Å². The molecule has 2 N–H and O–H groups in total. The van der Waals surface area contributed by atoms with E-state index in [4.69, 9.17) is 5.73 Å². The summed E-state index contributed by atoms with van der Waals surface area (Å²) in [6, 6.07) is 5.19. The van der Waals surface area contributed by atoms with Crippen molar-refractivity contribution in [1.29, 1.82) is 0 Å². The number of ether oxygens (including phenoxy) is 1. The number of rotatable bonds is 2. The summed E-state index contributed by atoms with van der Waals surface area (Å²) in [5, 5.41) is 11.1. The first kappa shape index (κ1) is 8.32. The summed E-state index contributed by atoms with van der Waals surface area (Å²) in [5.74, 6) is -0.813. The summed E-state index contributed by atoms with van der Waals surface area (Å²) >= 11 is 0. The number of amides is 1. The van der Waals surface area contributed by atoms with Crippen LogP contribution in [0.4, 0.5) is 0 Å². The van der Waals surface area contributed by atoms with Crippen molar-refractivity contribution in [2.24, 2.45) is 5.73 Å². The highest BCUT2D eigenvalue weighted by Gasteiger charge is 2.15. The molecule has 1 aromatic rings. The Hall–Kier alpha value is -1.78. The number of carbonyl (C=O) groups excluding carboxylic acids is 1. The average Bonchev–Trinajstić information content (AvgIpc) is 2.04. The number of hydrogen-bond donors (Lipinski definition) is 1. The topological polar surface area (TPSA) is 79.3 Å². The van der Waals surface area contributed by atoms with E-state index in [-0.39, 0.29) is 11.6 Å². The van der Waals surface area contributed by atoms with E-state index in [1.54, 1.807) is 0 Å². The van der Waals surface area contributed by atoms with Crippen LogP contribution >= 0.6 is 0 Å². The zero-order valence-electron chi connectivity index (χ0n) is 6.40. The van der Waals surface area contributed by atoms with E-state index in [0.717, 1.165) is 0 Å². The molecule has 5 heteroatoms. The average molecular weight is 167 g/mol. The standard InChI is InChI=1S/C7H7N2O3/c1-12-6-4-2-3-5(7(8)10)9(6)11/h2,4H,1H3,(H2,8,10). The summed E-state index contributed by atoms with van der Waals surface area (Å²) in [5.41, 5.74) is 4.64. The molecule has 0 bridgehead atoms. The Labute approximate surface area is 69.0 Å². The number of aromatic nitrogens is 1. The summed E-state index contributed by atoms with van der Waals surface area (Å²) in [4.78, 5) is 10.6. The molecule has 0 unspecified atom stereocenters. The third-order valence-corrected chi connectivity index (χ3v) is 1.29. The molecule has 0 spiro atoms. The van der Waals surface area contributed by atoms with E-state index in [2.05, 4.69) is 10.8 Å². The van der Waals surface area contributed by atoms with Crippen molar-refractivity contribution in [2.75, 3.05) is 7.11 Å². The zero-order valence-corrected chi connectivity index (χ0v) is 6.40. The predicted molar refractivity (Wildman–Crippen MR) is 39.3 cm³/mol. The van der Waals surface area contributed by atoms with Crippen molar-refractivity contribution in [3.63, 3.8) is 0 Å². The van der Waals surface area contributed by atoms with Crippen LogP contribution in [0.5, 0.6) is 5.88 Å². The van der Waals surface area contributed by atoms with Crippen LogP contribution in [-0.2, 0) is 0 Å². The number of carbonyl (C=O) groups is 1. The van der Waals surface area contributed by atoms with Crippen molar-refractivity contribution in [3.05, 3.63) is 29.1 Å². The first-order valence-electron chi connectivity index (χ1n) is 3.15. The lowest BCUT2D eigenvalue weighted by Gasteiger charge is -2.03. The highest BCUT2D eigenvalue weighted by Crippen LogP contribution is 2.01. The third kappa shape index (κ3) is 1.29. The van der Waals surface area contributed by atoms with Gasteiger partial charge in [-0.2, -0.15) is 0 Å². The molecular formula is C7H7N2O3. The molecule has 0 saturated carbocycles. The Bertz CT molecular complexity index is 312. The first-order valence-corrected chi connectivity index (χ1v) is 3.15. The molecule has 0 fully saturated rings. The highest BCUT2D eigenvalue weighted by molar-refractivity contribution is 5.89. The van der Waals surface area contributed by atoms with Gasteiger partial charge in [0.15, 0.2) is 0 Å². The van der Waals surface area contributed by atoms with Gasteiger partial charge in [-0.15, -0.1) is 4.73 Å². The largest absolute Gasteiger partial charge is 0.615 e. The molecule has 0 atom stereocenters. The molecule has 5 nitrogen and oxygen atoms in total. The quantitative estimate of drug-likeness (QED) is 0.464. The van der Waals surface area contributed by atoms with Gasteiger partial charge in [0.25, 0.3) is 5.69 Å². The van der Waals surface area contributed by atoms with Crippen molar-refractivity contribution in [2.45, 2.75) is 0 Å². The van der Waals surface area contributed by atoms with Gasteiger partial charge in [-0.1, -0.05) is 0 Å². The van der Waals surface area contributed by atoms with Gasteiger partial charge in [0.1, 0.15) is 0 Å². The van der Waals surface area contributed by atoms with E-state index in [1.165, 1.54) is 19.2 Å². The van der Waals surface area contributed by atoms with Gasteiger partial charge in [-0.05, 0) is 6.07 Å². The number of nitrogens with zero attached hydrogens (tertiary/aromatic N) is 1. The second kappa shape index (κ2) is 3.08. The molecule has 1 amide bonds. The van der Waals surface area contributed by atoms with E-state index in [9.17, 15) is 10.0 Å². The molecule has 0 aromatic carbocycles. The number of primary amides is 1. The molecule has 0 aliphatic heterocycles. The Kier molecular flexibility index (Phi) is 2.14. The number of hydrogen-bond acceptors (Lipinski definition) is 3. The molecule has 63 valence electrons. The van der Waals surface area contributed by atoms with Crippen LogP contribution in [0.3, 0.4) is 0 Å². The third-order valence-electron chi connectivity index (χ3n) is 1.29. The van der Waals surface area contributed by atoms with Crippen LogP contribution in [0, 0.1) is 11.3 Å². The summed E-state index contributed by atoms with van der Waals surface area (Å²) in [6.45, 7) is 0. The van der Waals surface area contributed by atoms with Gasteiger partial charge in [-0.3, -0.25) is 4.79 Å². The van der Waals surface area contributed by atoms with Gasteiger partial charge >= 0.3 is 11.8 Å². The van der Waals surface area contributed by atoms with Crippen molar-refractivity contribution in [1.82, 2.24) is 0 Å². The lowest BCUT2D eigenvalue weighted by molar-refractivity contribution is -0.614. The molecule has 12 heavy (non-hydrogen) atoms. The Balaban J connectivity index is 3.23. The summed E-state index contributed by atoms with van der Waals surface area (Å²) in [7, 11) is 1.33. The molecule has 0 aliphatic rings. The fraction of sp³-hybridized carbons (Fsp3) is 0.143. The molecule has 1 radical (unpaired) electrons. The molecule has 1 aromatic heterocycles. The summed E-state index contributed by atoms with van der Waals surface area (Å²) in [6.07, 6.45) is 0. The first-order chi connectivity index (χ1) is 5.66. The zero-order chi connectivity index (χ0) is 9.14. The Morgan fingerprint density at radius 3 is 3.00 bits per heavy atom. The van der Waals surface area contributed by atoms with Crippen LogP contribution in [-0.4, -0.2) is 13.0 Å². The second-order valence-electron chi connectivity index (χ2n) is 2.03. The van der Waals surface area contributed by atoms with Crippen LogP contribution < -0.4 is 15.2 Å². The highest BCUT2D eigenvalue weighted by atomic mass is 16.5. The van der Waals surface area contributed by atoms with E-state index >= 15 is 0 Å². The normalized spacial score (nSPS) is 9.42. The van der Waals surface area contributed by atoms with Crippen LogP contribution in [0.1, 0.15) is 10.5 Å². The molecular weight excluding hydrogens is 160 g/mol. The van der Waals surface area contributed by atoms with E-state index in [0.29, 0.717) is 4.73 Å². The second-order valence-corrected chi connectivity index (χ2v) is 2.03. The maximum atomic E-state index is 11.1. The van der Waals surface area contributed by atoms with Gasteiger partial charge in [0.2, 0.25) is 0 Å². The predicted octanol–water partition coefficient (Wildman–Crippen LogP) is -0.772. The maximum absolute atomic E-state index is 11.1. The Morgan fingerprint density at radius 1 is 1.83 bits per heavy atom. The molecule has 0 saturated heterocycles. The van der Waals surface area contributed by atoms with Crippen LogP contribution in [0.25, 0.3) is 0 Å². The fourth-order valence-electron chi connectivity index (χ4n) is 0.751. The SMILES string of the molecule is COc1cc[c]c(C(N)=O)[n+]1[O-]. The van der Waals surface area contributed by atoms with Gasteiger partial charge in [-0.25, -0.2) is 0 Å². The van der Waals surface area contributed by atoms with Gasteiger partial charge < -0.3 is 15.7 Å². The number of nitrogens with two attached hydrogens (primary N) is 1. The minimum Gasteiger partial charge on any atom is -0.615 e. The van der Waals surface area contributed by atoms with Crippen LogP contribution in [0.2, 0.25) is 0 Å². The lowest BCUT2D eigenvalue weighted by atomic mass is 10.3. The van der Waals surface area contributed by atoms with Crippen molar-refractivity contribution >= 4 is 5.91 Å². The molecule has 1 rings (SSSR count). The monoisotopic (exact) mass is 167 g/mol. The van der Waals surface area contributed by atoms with Gasteiger partial charge in [0.05, 0.1) is 19.2 Å². The fourth-order valence-corrected chi connectivity index (χ4v) is 0.751. The smallest absolute Gasteiger partial charge is 0.379 e. The minimum atomic E-state index is -0.830. The summed E-state index contributed by atoms with van der Waals surface area (Å²) < 4.78 is 4.95. The molecule has 0 aliphatic carbocycles. The number of methoxy groups -OCH3 is 1. The van der Waals surface area contributed by atoms with E-state index < -0.39 is 5.91 Å². The van der Waals surface area contributed by atoms with Crippen molar-refractivity contribution < 1.29 is 14.3 Å². The van der Waals surface area contributed by atoms with E-state index in [1.807, 2.05) is 0 Å². The number of pyridine rings is 1. The Morgan fingerprint density at radius 2 is 2.50 bits per heavy atom. The minimum absolute atomic E-state index is 0.0163.